The van der Waals surface area contributed by atoms with Gasteiger partial charge in [-0.25, -0.2) is 18.7 Å². The molecule has 1 fully saturated rings. The molecule has 1 atom stereocenters. The Bertz CT molecular complexity index is 1300. The number of benzene rings is 2. The molecule has 1 unspecified atom stereocenters. The van der Waals surface area contributed by atoms with Gasteiger partial charge in [0, 0.05) is 18.7 Å². The summed E-state index contributed by atoms with van der Waals surface area (Å²) in [5.41, 5.74) is 2.04. The standard InChI is InChI=1S/C23H20Cl2F2N6/c24-15-4-2-5-16(25)19(15)22-31-18-11-30-23(29-10-14-3-1-6-17(26)20(14)27)32-21(18)33(22)12-13-7-8-28-9-13/h1-6,11,13,28H,7-10,12H2,(H,29,30,32). The van der Waals surface area contributed by atoms with E-state index in [0.717, 1.165) is 25.6 Å². The van der Waals surface area contributed by atoms with Crippen molar-refractivity contribution >= 4 is 40.3 Å². The zero-order chi connectivity index (χ0) is 22.9. The normalized spacial score (nSPS) is 15.9. The first-order valence-electron chi connectivity index (χ1n) is 10.6. The molecule has 5 rings (SSSR count). The zero-order valence-electron chi connectivity index (χ0n) is 17.5. The second-order valence-corrected chi connectivity index (χ2v) is 8.78. The molecule has 0 spiro atoms. The largest absolute Gasteiger partial charge is 0.350 e. The number of hydrogen-bond acceptors (Lipinski definition) is 5. The lowest BCUT2D eigenvalue weighted by atomic mass is 10.1. The van der Waals surface area contributed by atoms with Crippen molar-refractivity contribution < 1.29 is 8.78 Å². The van der Waals surface area contributed by atoms with E-state index in [1.807, 2.05) is 4.57 Å². The highest BCUT2D eigenvalue weighted by molar-refractivity contribution is 6.39. The smallest absolute Gasteiger partial charge is 0.225 e. The average Bonchev–Trinajstić information content (AvgIpc) is 3.43. The second-order valence-electron chi connectivity index (χ2n) is 7.97. The molecule has 0 saturated carbocycles. The molecule has 6 nitrogen and oxygen atoms in total. The molecule has 170 valence electrons. The molecule has 0 radical (unpaired) electrons. The minimum absolute atomic E-state index is 0.0407. The minimum Gasteiger partial charge on any atom is -0.350 e. The number of fused-ring (bicyclic) bond motifs is 1. The zero-order valence-corrected chi connectivity index (χ0v) is 19.0. The number of halogens is 4. The van der Waals surface area contributed by atoms with Crippen LogP contribution in [0.1, 0.15) is 12.0 Å². The Labute approximate surface area is 199 Å². The van der Waals surface area contributed by atoms with Gasteiger partial charge in [0.25, 0.3) is 0 Å². The van der Waals surface area contributed by atoms with Gasteiger partial charge in [0.2, 0.25) is 5.95 Å². The fourth-order valence-electron chi connectivity index (χ4n) is 4.07. The van der Waals surface area contributed by atoms with E-state index in [1.165, 1.54) is 12.1 Å². The number of hydrogen-bond donors (Lipinski definition) is 2. The van der Waals surface area contributed by atoms with E-state index in [2.05, 4.69) is 20.6 Å². The fraction of sp³-hybridized carbons (Fsp3) is 0.261. The van der Waals surface area contributed by atoms with Crippen LogP contribution < -0.4 is 10.6 Å². The molecule has 10 heteroatoms. The first-order valence-corrected chi connectivity index (χ1v) is 11.3. The Kier molecular flexibility index (Phi) is 6.14. The molecule has 2 aromatic carbocycles. The van der Waals surface area contributed by atoms with Crippen molar-refractivity contribution in [3.63, 3.8) is 0 Å². The maximum atomic E-state index is 14.0. The quantitative estimate of drug-likeness (QED) is 0.385. The Balaban J connectivity index is 1.55. The van der Waals surface area contributed by atoms with Gasteiger partial charge < -0.3 is 15.2 Å². The van der Waals surface area contributed by atoms with Crippen molar-refractivity contribution in [2.45, 2.75) is 19.5 Å². The van der Waals surface area contributed by atoms with Crippen LogP contribution in [0.3, 0.4) is 0 Å². The number of aromatic nitrogens is 4. The lowest BCUT2D eigenvalue weighted by molar-refractivity contribution is 0.490. The summed E-state index contributed by atoms with van der Waals surface area (Å²) in [6, 6.07) is 9.39. The van der Waals surface area contributed by atoms with Gasteiger partial charge >= 0.3 is 0 Å². The highest BCUT2D eigenvalue weighted by atomic mass is 35.5. The van der Waals surface area contributed by atoms with Crippen LogP contribution in [0.25, 0.3) is 22.6 Å². The van der Waals surface area contributed by atoms with Crippen LogP contribution in [-0.2, 0) is 13.1 Å². The predicted molar refractivity (Wildman–Crippen MR) is 125 cm³/mol. The van der Waals surface area contributed by atoms with Crippen LogP contribution in [0.4, 0.5) is 14.7 Å². The van der Waals surface area contributed by atoms with Crippen LogP contribution in [-0.4, -0.2) is 32.6 Å². The Hall–Kier alpha value is -2.81. The third kappa shape index (κ3) is 4.38. The topological polar surface area (TPSA) is 67.7 Å². The monoisotopic (exact) mass is 488 g/mol. The SMILES string of the molecule is Fc1cccc(CNc2ncc3nc(-c4c(Cl)cccc4Cl)n(CC4CCNC4)c3n2)c1F. The Morgan fingerprint density at radius 1 is 1.09 bits per heavy atom. The van der Waals surface area contributed by atoms with Crippen molar-refractivity contribution in [1.29, 1.82) is 0 Å². The van der Waals surface area contributed by atoms with Crippen molar-refractivity contribution in [3.8, 4) is 11.4 Å². The van der Waals surface area contributed by atoms with Gasteiger partial charge in [-0.1, -0.05) is 41.4 Å². The molecule has 33 heavy (non-hydrogen) atoms. The third-order valence-corrected chi connectivity index (χ3v) is 6.38. The predicted octanol–water partition coefficient (Wildman–Crippen LogP) is 5.30. The summed E-state index contributed by atoms with van der Waals surface area (Å²) < 4.78 is 29.5. The minimum atomic E-state index is -0.893. The number of imidazole rings is 1. The molecular formula is C23H20Cl2F2N6. The van der Waals surface area contributed by atoms with Gasteiger partial charge in [0.1, 0.15) is 11.3 Å². The van der Waals surface area contributed by atoms with E-state index in [1.54, 1.807) is 24.4 Å². The van der Waals surface area contributed by atoms with Gasteiger partial charge in [-0.2, -0.15) is 4.98 Å². The van der Waals surface area contributed by atoms with Gasteiger partial charge in [-0.05, 0) is 43.6 Å². The van der Waals surface area contributed by atoms with Crippen molar-refractivity contribution in [2.24, 2.45) is 5.92 Å². The van der Waals surface area contributed by atoms with Gasteiger partial charge in [0.15, 0.2) is 17.3 Å². The molecule has 2 N–H and O–H groups in total. The lowest BCUT2D eigenvalue weighted by Crippen LogP contribution is -2.16. The molecular weight excluding hydrogens is 469 g/mol. The van der Waals surface area contributed by atoms with E-state index in [0.29, 0.717) is 45.1 Å². The molecule has 1 aliphatic rings. The van der Waals surface area contributed by atoms with Crippen molar-refractivity contribution in [3.05, 3.63) is 69.8 Å². The first-order chi connectivity index (χ1) is 16.0. The second kappa shape index (κ2) is 9.21. The summed E-state index contributed by atoms with van der Waals surface area (Å²) in [6.45, 7) is 2.57. The maximum Gasteiger partial charge on any atom is 0.225 e. The molecule has 2 aromatic heterocycles. The van der Waals surface area contributed by atoms with Crippen LogP contribution in [0.2, 0.25) is 10.0 Å². The van der Waals surface area contributed by atoms with E-state index in [4.69, 9.17) is 28.2 Å². The lowest BCUT2D eigenvalue weighted by Gasteiger charge is -2.15. The summed E-state index contributed by atoms with van der Waals surface area (Å²) in [4.78, 5) is 13.7. The molecule has 4 aromatic rings. The summed E-state index contributed by atoms with van der Waals surface area (Å²) in [5.74, 6) is -0.477. The maximum absolute atomic E-state index is 14.0. The van der Waals surface area contributed by atoms with Crippen molar-refractivity contribution in [1.82, 2.24) is 24.8 Å². The first kappa shape index (κ1) is 22.0. The Morgan fingerprint density at radius 2 is 1.88 bits per heavy atom. The van der Waals surface area contributed by atoms with Crippen LogP contribution in [0.15, 0.2) is 42.6 Å². The number of nitrogens with one attached hydrogen (secondary N) is 2. The summed E-state index contributed by atoms with van der Waals surface area (Å²) in [7, 11) is 0. The number of rotatable bonds is 6. The van der Waals surface area contributed by atoms with E-state index >= 15 is 0 Å². The summed E-state index contributed by atoms with van der Waals surface area (Å²) >= 11 is 13.0. The van der Waals surface area contributed by atoms with Crippen LogP contribution in [0, 0.1) is 17.6 Å². The van der Waals surface area contributed by atoms with E-state index in [9.17, 15) is 8.78 Å². The van der Waals surface area contributed by atoms with Gasteiger partial charge in [0.05, 0.1) is 21.8 Å². The summed E-state index contributed by atoms with van der Waals surface area (Å²) in [5, 5.41) is 7.35. The van der Waals surface area contributed by atoms with E-state index < -0.39 is 11.6 Å². The average molecular weight is 489 g/mol. The number of nitrogens with zero attached hydrogens (tertiary/aromatic N) is 4. The fourth-order valence-corrected chi connectivity index (χ4v) is 4.63. The molecule has 0 amide bonds. The van der Waals surface area contributed by atoms with Crippen LogP contribution in [0.5, 0.6) is 0 Å². The molecule has 3 heterocycles. The molecule has 1 aliphatic heterocycles. The molecule has 0 bridgehead atoms. The number of anilines is 1. The summed E-state index contributed by atoms with van der Waals surface area (Å²) in [6.07, 6.45) is 2.63. The highest BCUT2D eigenvalue weighted by Crippen LogP contribution is 2.36. The van der Waals surface area contributed by atoms with Gasteiger partial charge in [-0.15, -0.1) is 0 Å². The van der Waals surface area contributed by atoms with Crippen molar-refractivity contribution in [2.75, 3.05) is 18.4 Å². The Morgan fingerprint density at radius 3 is 2.64 bits per heavy atom. The van der Waals surface area contributed by atoms with Crippen LogP contribution >= 0.6 is 23.2 Å². The molecule has 1 saturated heterocycles. The molecule has 0 aliphatic carbocycles. The highest BCUT2D eigenvalue weighted by Gasteiger charge is 2.23. The third-order valence-electron chi connectivity index (χ3n) is 5.75. The van der Waals surface area contributed by atoms with E-state index in [-0.39, 0.29) is 18.1 Å². The van der Waals surface area contributed by atoms with Gasteiger partial charge in [-0.3, -0.25) is 0 Å².